The Bertz CT molecular complexity index is 277. The smallest absolute Gasteiger partial charge is 1.00 e. The minimum atomic E-state index is -2.31. The van der Waals surface area contributed by atoms with Gasteiger partial charge in [-0.05, 0) is 6.92 Å². The molecule has 0 fully saturated rings. The zero-order valence-electron chi connectivity index (χ0n) is 15.1. The van der Waals surface area contributed by atoms with Crippen LogP contribution in [0, 0.1) is 0 Å². The molecule has 0 heterocycles. The van der Waals surface area contributed by atoms with Gasteiger partial charge in [-0.25, -0.2) is 0 Å². The maximum atomic E-state index is 9.98. The molecule has 4 atom stereocenters. The number of hydrogen-bond acceptors (Lipinski definition) is 9. The number of carboxylic acid groups (broad SMARTS) is 2. The first-order chi connectivity index (χ1) is 7.64. The molecule has 0 saturated carbocycles. The molecule has 0 aliphatic heterocycles. The van der Waals surface area contributed by atoms with Crippen molar-refractivity contribution in [3.63, 3.8) is 0 Å². The Labute approximate surface area is 301 Å². The van der Waals surface area contributed by atoms with Crippen molar-refractivity contribution >= 4 is 35.0 Å². The third kappa shape index (κ3) is 43.2. The van der Waals surface area contributed by atoms with Crippen LogP contribution in [0.3, 0.4) is 0 Å². The Balaban J connectivity index is -0.0000000177. The topological polar surface area (TPSA) is 181 Å². The van der Waals surface area contributed by atoms with E-state index in [0.29, 0.717) is 0 Å². The molecule has 0 amide bonds. The number of carbonyl (C=O) groups excluding carboxylic acids is 2. The number of carbonyl (C=O) groups is 2. The van der Waals surface area contributed by atoms with Crippen molar-refractivity contribution in [3.05, 3.63) is 0 Å². The van der Waals surface area contributed by atoms with Gasteiger partial charge in [0.05, 0.1) is 12.6 Å². The van der Waals surface area contributed by atoms with Crippen LogP contribution < -0.4 is 200 Å². The number of carboxylic acids is 2. The van der Waals surface area contributed by atoms with Gasteiger partial charge in [-0.2, -0.15) is 0 Å². The number of aliphatic carboxylic acids is 2. The fourth-order valence-corrected chi connectivity index (χ4v) is 0.662. The number of aliphatic hydroxyl groups is 5. The first-order valence-electron chi connectivity index (χ1n) is 4.36. The SMILES string of the molecule is CC(=O)[O-].O=C([O-])[C@H](O)[C@@H](O)[C@H](O)[C@H](O)CO.[Cl-].[Cl-].[Cl-].[Cl-].[K+].[Mg+2].[Na+].[Na+].[Na+]. The predicted octanol–water partition coefficient (Wildman–Crippen LogP) is -30.4. The molecule has 0 bridgehead atoms. The van der Waals surface area contributed by atoms with Crippen molar-refractivity contribution in [1.29, 1.82) is 0 Å². The van der Waals surface area contributed by atoms with E-state index in [1.807, 2.05) is 0 Å². The van der Waals surface area contributed by atoms with Crippen LogP contribution in [-0.2, 0) is 9.59 Å². The molecule has 0 unspecified atom stereocenters. The van der Waals surface area contributed by atoms with Gasteiger partial charge in [-0.15, -0.1) is 0 Å². The summed E-state index contributed by atoms with van der Waals surface area (Å²) in [6.07, 6.45) is -8.08. The first kappa shape index (κ1) is 69.7. The quantitative estimate of drug-likeness (QED) is 0.217. The second kappa shape index (κ2) is 44.1. The fraction of sp³-hybridized carbons (Fsp3) is 0.750. The molecular formula is C8H14Cl4KMgNa3O9. The van der Waals surface area contributed by atoms with E-state index in [4.69, 9.17) is 35.4 Å². The third-order valence-electron chi connectivity index (χ3n) is 1.50. The molecule has 0 rings (SSSR count). The molecular weight excluding hydrogens is 514 g/mol. The summed E-state index contributed by atoms with van der Waals surface area (Å²) in [5.41, 5.74) is 0. The van der Waals surface area contributed by atoms with E-state index < -0.39 is 43.0 Å². The molecule has 0 spiro atoms. The van der Waals surface area contributed by atoms with Crippen molar-refractivity contribution in [3.8, 4) is 0 Å². The third-order valence-corrected chi connectivity index (χ3v) is 1.50. The molecule has 18 heteroatoms. The van der Waals surface area contributed by atoms with Gasteiger partial charge in [-0.3, -0.25) is 0 Å². The molecule has 134 valence electrons. The van der Waals surface area contributed by atoms with E-state index >= 15 is 0 Å². The van der Waals surface area contributed by atoms with Crippen molar-refractivity contribution in [2.24, 2.45) is 0 Å². The number of hydrogen-bond donors (Lipinski definition) is 5. The molecule has 0 aromatic rings. The van der Waals surface area contributed by atoms with Crippen molar-refractivity contribution in [2.75, 3.05) is 6.61 Å². The predicted molar refractivity (Wildman–Crippen MR) is 52.6 cm³/mol. The number of halogens is 4. The van der Waals surface area contributed by atoms with Crippen LogP contribution in [0.4, 0.5) is 0 Å². The Morgan fingerprint density at radius 3 is 1.23 bits per heavy atom. The molecule has 0 aromatic heterocycles. The summed E-state index contributed by atoms with van der Waals surface area (Å²) in [6, 6.07) is 0. The van der Waals surface area contributed by atoms with Crippen LogP contribution in [0.2, 0.25) is 0 Å². The van der Waals surface area contributed by atoms with Gasteiger partial charge in [-0.1, -0.05) is 0 Å². The second-order valence-electron chi connectivity index (χ2n) is 2.99. The van der Waals surface area contributed by atoms with Crippen molar-refractivity contribution in [2.45, 2.75) is 31.3 Å². The van der Waals surface area contributed by atoms with E-state index in [9.17, 15) is 9.90 Å². The van der Waals surface area contributed by atoms with Crippen molar-refractivity contribution in [1.82, 2.24) is 0 Å². The minimum absolute atomic E-state index is 0. The van der Waals surface area contributed by atoms with Crippen LogP contribution >= 0.6 is 0 Å². The van der Waals surface area contributed by atoms with Crippen LogP contribution in [0.5, 0.6) is 0 Å². The summed E-state index contributed by atoms with van der Waals surface area (Å²) < 4.78 is 0. The Hall–Kier alpha value is 5.30. The van der Waals surface area contributed by atoms with Gasteiger partial charge in [0.1, 0.15) is 24.4 Å². The first-order valence-corrected chi connectivity index (χ1v) is 4.36. The van der Waals surface area contributed by atoms with E-state index in [1.165, 1.54) is 0 Å². The average Bonchev–Trinajstić information content (AvgIpc) is 2.23. The van der Waals surface area contributed by atoms with Gasteiger partial charge in [0.15, 0.2) is 0 Å². The van der Waals surface area contributed by atoms with E-state index in [2.05, 4.69) is 0 Å². The molecule has 0 saturated heterocycles. The van der Waals surface area contributed by atoms with Crippen LogP contribution in [-0.4, -0.2) is 91.5 Å². The summed E-state index contributed by atoms with van der Waals surface area (Å²) in [6.45, 7) is 0.109. The zero-order valence-corrected chi connectivity index (χ0v) is 28.7. The maximum Gasteiger partial charge on any atom is 2.00 e. The van der Waals surface area contributed by atoms with Gasteiger partial charge in [0.25, 0.3) is 0 Å². The zero-order chi connectivity index (χ0) is 14.2. The molecule has 0 aliphatic rings. The summed E-state index contributed by atoms with van der Waals surface area (Å²) in [4.78, 5) is 18.9. The minimum Gasteiger partial charge on any atom is -1.00 e. The Morgan fingerprint density at radius 2 is 1.08 bits per heavy atom. The molecule has 0 radical (unpaired) electrons. The van der Waals surface area contributed by atoms with Crippen LogP contribution in [0.15, 0.2) is 0 Å². The molecule has 9 nitrogen and oxygen atoms in total. The molecule has 5 N–H and O–H groups in total. The summed E-state index contributed by atoms with van der Waals surface area (Å²) in [5.74, 6) is -3.06. The van der Waals surface area contributed by atoms with E-state index in [1.54, 1.807) is 0 Å². The summed E-state index contributed by atoms with van der Waals surface area (Å²) in [5, 5.41) is 62.3. The number of rotatable bonds is 5. The van der Waals surface area contributed by atoms with E-state index in [-0.39, 0.29) is 213 Å². The van der Waals surface area contributed by atoms with Gasteiger partial charge in [0.2, 0.25) is 0 Å². The molecule has 0 aromatic carbocycles. The van der Waals surface area contributed by atoms with Gasteiger partial charge < -0.3 is 95.0 Å². The maximum absolute atomic E-state index is 9.98. The van der Waals surface area contributed by atoms with Crippen LogP contribution in [0.25, 0.3) is 0 Å². The monoisotopic (exact) mass is 526 g/mol. The molecule has 0 aliphatic carbocycles. The van der Waals surface area contributed by atoms with E-state index in [0.717, 1.165) is 6.92 Å². The summed E-state index contributed by atoms with van der Waals surface area (Å²) >= 11 is 0. The molecule has 26 heavy (non-hydrogen) atoms. The largest absolute Gasteiger partial charge is 2.00 e. The summed E-state index contributed by atoms with van der Waals surface area (Å²) in [7, 11) is 0. The second-order valence-corrected chi connectivity index (χ2v) is 2.99. The average molecular weight is 528 g/mol. The Kier molecular flexibility index (Phi) is 118. The number of aliphatic hydroxyl groups excluding tert-OH is 5. The van der Waals surface area contributed by atoms with Gasteiger partial charge >= 0.3 is 163 Å². The van der Waals surface area contributed by atoms with Gasteiger partial charge in [0, 0.05) is 5.97 Å². The van der Waals surface area contributed by atoms with Crippen LogP contribution in [0.1, 0.15) is 6.92 Å². The Morgan fingerprint density at radius 1 is 0.846 bits per heavy atom. The normalized spacial score (nSPS) is 11.2. The van der Waals surface area contributed by atoms with Crippen molar-refractivity contribution < 1.29 is 235 Å². The standard InChI is InChI=1S/C6H12O7.C2H4O2.4ClH.K.Mg.3Na/c7-1-2(8)3(9)4(10)5(11)6(12)13;1-2(3)4;;;;;;;;;/h2-5,7-11H,1H2,(H,12,13);1H3,(H,3,4);4*1H;;;;;/q;;;;;;+1;+2;3*+1/p-6/t2-,3-,4+,5-;;;;;;;;;;/m1........../s1. The fourth-order valence-electron chi connectivity index (χ4n) is 0.662.